The highest BCUT2D eigenvalue weighted by Gasteiger charge is 2.19. The molecular formula is C6H11Cl3NOP. The molecule has 12 heavy (non-hydrogen) atoms. The van der Waals surface area contributed by atoms with Gasteiger partial charge in [0, 0.05) is 19.3 Å². The number of nitrogens with zero attached hydrogens (tertiary/aromatic N) is 1. The van der Waals surface area contributed by atoms with E-state index in [4.69, 9.17) is 34.1 Å². The van der Waals surface area contributed by atoms with Crippen molar-refractivity contribution in [3.8, 4) is 0 Å². The molecule has 0 rings (SSSR count). The summed E-state index contributed by atoms with van der Waals surface area (Å²) < 4.78 is 11.0. The molecule has 0 heterocycles. The van der Waals surface area contributed by atoms with E-state index in [0.29, 0.717) is 0 Å². The summed E-state index contributed by atoms with van der Waals surface area (Å²) in [6, 6.07) is 0. The van der Waals surface area contributed by atoms with Gasteiger partial charge >= 0.3 is 0 Å². The van der Waals surface area contributed by atoms with Crippen LogP contribution in [0.25, 0.3) is 0 Å². The smallest absolute Gasteiger partial charge is 0.294 e. The van der Waals surface area contributed by atoms with Gasteiger partial charge in [0.25, 0.3) is 5.85 Å². The second-order valence-corrected chi connectivity index (χ2v) is 7.59. The highest BCUT2D eigenvalue weighted by molar-refractivity contribution is 8.12. The molecule has 0 saturated heterocycles. The lowest BCUT2D eigenvalue weighted by Crippen LogP contribution is -2.15. The number of hydrogen-bond donors (Lipinski definition) is 0. The summed E-state index contributed by atoms with van der Waals surface area (Å²) in [5.41, 5.74) is 0. The van der Waals surface area contributed by atoms with Gasteiger partial charge in [-0.3, -0.25) is 4.57 Å². The Hall–Kier alpha value is 0.640. The minimum absolute atomic E-state index is 0.00883. The van der Waals surface area contributed by atoms with Gasteiger partial charge in [-0.05, 0) is 36.3 Å². The first-order valence-electron chi connectivity index (χ1n) is 3.53. The van der Waals surface area contributed by atoms with Crippen molar-refractivity contribution >= 4 is 39.9 Å². The lowest BCUT2D eigenvalue weighted by Gasteiger charge is -2.15. The minimum Gasteiger partial charge on any atom is -0.377 e. The monoisotopic (exact) mass is 249 g/mol. The highest BCUT2D eigenvalue weighted by Crippen LogP contribution is 2.65. The largest absolute Gasteiger partial charge is 0.377 e. The molecule has 0 fully saturated rings. The molecule has 0 saturated carbocycles. The third-order valence-corrected chi connectivity index (χ3v) is 4.39. The molecule has 0 unspecified atom stereocenters. The first kappa shape index (κ1) is 12.6. The zero-order chi connectivity index (χ0) is 9.78. The van der Waals surface area contributed by atoms with Crippen molar-refractivity contribution in [3.05, 3.63) is 11.0 Å². The van der Waals surface area contributed by atoms with Gasteiger partial charge in [-0.15, -0.1) is 0 Å². The van der Waals surface area contributed by atoms with Crippen LogP contribution in [0.1, 0.15) is 13.8 Å². The maximum atomic E-state index is 11.0. The van der Waals surface area contributed by atoms with Crippen molar-refractivity contribution in [3.63, 3.8) is 0 Å². The summed E-state index contributed by atoms with van der Waals surface area (Å²) >= 11 is 16.3. The third-order valence-electron chi connectivity index (χ3n) is 1.35. The van der Waals surface area contributed by atoms with Crippen molar-refractivity contribution in [1.29, 1.82) is 0 Å². The van der Waals surface area contributed by atoms with Gasteiger partial charge < -0.3 is 4.90 Å². The summed E-state index contributed by atoms with van der Waals surface area (Å²) in [4.78, 5) is 1.86. The molecular weight excluding hydrogens is 239 g/mol. The highest BCUT2D eigenvalue weighted by atomic mass is 35.9. The molecule has 0 spiro atoms. The second-order valence-electron chi connectivity index (χ2n) is 2.14. The van der Waals surface area contributed by atoms with Gasteiger partial charge in [-0.2, -0.15) is 0 Å². The summed E-state index contributed by atoms with van der Waals surface area (Å²) in [6.07, 6.45) is 1.52. The molecule has 0 aromatic rings. The fraction of sp³-hybridized carbons (Fsp3) is 0.667. The average Bonchev–Trinajstić information content (AvgIpc) is 1.97. The lowest BCUT2D eigenvalue weighted by atomic mass is 10.5. The van der Waals surface area contributed by atoms with Gasteiger partial charge in [0.05, 0.1) is 0 Å². The van der Waals surface area contributed by atoms with E-state index < -0.39 is 5.85 Å². The van der Waals surface area contributed by atoms with Crippen molar-refractivity contribution in [2.75, 3.05) is 13.1 Å². The molecule has 0 aliphatic rings. The predicted molar refractivity (Wildman–Crippen MR) is 56.2 cm³/mol. The fourth-order valence-electron chi connectivity index (χ4n) is 0.624. The minimum atomic E-state index is -3.31. The van der Waals surface area contributed by atoms with Crippen LogP contribution in [-0.4, -0.2) is 18.0 Å². The number of rotatable bonds is 4. The molecule has 2 nitrogen and oxygen atoms in total. The van der Waals surface area contributed by atoms with Crippen molar-refractivity contribution in [1.82, 2.24) is 4.90 Å². The van der Waals surface area contributed by atoms with Crippen LogP contribution < -0.4 is 0 Å². The van der Waals surface area contributed by atoms with Gasteiger partial charge in [0.1, 0.15) is 4.77 Å². The van der Waals surface area contributed by atoms with E-state index in [0.717, 1.165) is 13.1 Å². The predicted octanol–water partition coefficient (Wildman–Crippen LogP) is 4.04. The molecule has 0 aromatic carbocycles. The first-order valence-corrected chi connectivity index (χ1v) is 7.42. The Kier molecular flexibility index (Phi) is 5.67. The normalized spacial score (nSPS) is 13.2. The number of halogens is 3. The van der Waals surface area contributed by atoms with E-state index in [1.807, 2.05) is 18.7 Å². The molecule has 0 amide bonds. The van der Waals surface area contributed by atoms with E-state index in [2.05, 4.69) is 0 Å². The zero-order valence-electron chi connectivity index (χ0n) is 6.93. The van der Waals surface area contributed by atoms with E-state index in [1.165, 1.54) is 6.20 Å². The molecule has 0 radical (unpaired) electrons. The average molecular weight is 250 g/mol. The summed E-state index contributed by atoms with van der Waals surface area (Å²) in [7, 11) is 0. The van der Waals surface area contributed by atoms with E-state index in [-0.39, 0.29) is 4.77 Å². The molecule has 0 aromatic heterocycles. The zero-order valence-corrected chi connectivity index (χ0v) is 10.1. The Morgan fingerprint density at radius 3 is 2.08 bits per heavy atom. The topological polar surface area (TPSA) is 20.3 Å². The quantitative estimate of drug-likeness (QED) is 0.702. The van der Waals surface area contributed by atoms with Gasteiger partial charge in [0.2, 0.25) is 0 Å². The van der Waals surface area contributed by atoms with Crippen LogP contribution in [-0.2, 0) is 4.57 Å². The maximum absolute atomic E-state index is 11.0. The molecule has 6 heteroatoms. The van der Waals surface area contributed by atoms with Crippen molar-refractivity contribution in [2.24, 2.45) is 0 Å². The Morgan fingerprint density at radius 2 is 1.83 bits per heavy atom. The van der Waals surface area contributed by atoms with Crippen LogP contribution in [0.4, 0.5) is 0 Å². The summed E-state index contributed by atoms with van der Waals surface area (Å²) in [5, 5.41) is 0. The Bertz CT molecular complexity index is 209. The number of hydrogen-bond acceptors (Lipinski definition) is 2. The molecule has 0 aliphatic heterocycles. The van der Waals surface area contributed by atoms with Gasteiger partial charge in [-0.1, -0.05) is 11.6 Å². The van der Waals surface area contributed by atoms with Crippen LogP contribution in [0.3, 0.4) is 0 Å². The van der Waals surface area contributed by atoms with E-state index in [1.54, 1.807) is 0 Å². The van der Waals surface area contributed by atoms with Crippen LogP contribution in [0, 0.1) is 0 Å². The summed E-state index contributed by atoms with van der Waals surface area (Å²) in [5.74, 6) is -3.31. The maximum Gasteiger partial charge on any atom is 0.294 e. The van der Waals surface area contributed by atoms with Crippen LogP contribution >= 0.6 is 39.9 Å². The van der Waals surface area contributed by atoms with Crippen LogP contribution in [0.2, 0.25) is 0 Å². The molecule has 0 N–H and O–H groups in total. The van der Waals surface area contributed by atoms with Gasteiger partial charge in [-0.25, -0.2) is 0 Å². The van der Waals surface area contributed by atoms with Crippen molar-refractivity contribution < 1.29 is 4.57 Å². The second kappa shape index (κ2) is 5.39. The fourth-order valence-corrected chi connectivity index (χ4v) is 1.32. The summed E-state index contributed by atoms with van der Waals surface area (Å²) in [6.45, 7) is 5.47. The Labute approximate surface area is 87.4 Å². The Morgan fingerprint density at radius 1 is 1.42 bits per heavy atom. The van der Waals surface area contributed by atoms with Crippen molar-refractivity contribution in [2.45, 2.75) is 13.8 Å². The van der Waals surface area contributed by atoms with Gasteiger partial charge in [0.15, 0.2) is 0 Å². The first-order chi connectivity index (χ1) is 5.41. The molecule has 0 bridgehead atoms. The van der Waals surface area contributed by atoms with Crippen LogP contribution in [0.5, 0.6) is 0 Å². The third kappa shape index (κ3) is 4.61. The van der Waals surface area contributed by atoms with E-state index >= 15 is 0 Å². The Balaban J connectivity index is 4.44. The SMILES string of the molecule is CCN(C=C(Cl)P(=O)(Cl)Cl)CC. The molecule has 0 atom stereocenters. The van der Waals surface area contributed by atoms with E-state index in [9.17, 15) is 4.57 Å². The lowest BCUT2D eigenvalue weighted by molar-refractivity contribution is 0.418. The standard InChI is InChI=1S/C6H11Cl3NOP/c1-3-10(4-2)5-6(7)12(8,9)11/h5H,3-4H2,1-2H3. The molecule has 0 aliphatic carbocycles. The van der Waals surface area contributed by atoms with Crippen LogP contribution in [0.15, 0.2) is 11.0 Å². The molecule has 72 valence electrons.